The largest absolute Gasteiger partial charge is 0.453 e. The predicted octanol–water partition coefficient (Wildman–Crippen LogP) is 4.09. The summed E-state index contributed by atoms with van der Waals surface area (Å²) in [4.78, 5) is 42.1. The van der Waals surface area contributed by atoms with Gasteiger partial charge < -0.3 is 15.8 Å². The van der Waals surface area contributed by atoms with E-state index in [4.69, 9.17) is 10.5 Å². The molecule has 3 amide bonds. The number of aromatic nitrogens is 1. The summed E-state index contributed by atoms with van der Waals surface area (Å²) in [6.45, 7) is 6.31. The Morgan fingerprint density at radius 1 is 0.950 bits per heavy atom. The Morgan fingerprint density at radius 2 is 1.62 bits per heavy atom. The molecule has 1 aromatic heterocycles. The van der Waals surface area contributed by atoms with Gasteiger partial charge in [-0.15, -0.1) is 0 Å². The molecule has 3 aromatic rings. The topological polar surface area (TPSA) is 127 Å². The normalized spacial score (nSPS) is 12.8. The molecule has 2 atom stereocenters. The molecule has 0 saturated heterocycles. The number of carbonyl (C=O) groups excluding carboxylic acids is 3. The lowest BCUT2D eigenvalue weighted by Crippen LogP contribution is -2.57. The van der Waals surface area contributed by atoms with Gasteiger partial charge in [-0.05, 0) is 41.5 Å². The average Bonchev–Trinajstić information content (AvgIpc) is 2.94. The van der Waals surface area contributed by atoms with E-state index in [0.29, 0.717) is 25.9 Å². The number of nitrogens with one attached hydrogen (secondary N) is 2. The van der Waals surface area contributed by atoms with E-state index in [1.165, 1.54) is 7.11 Å². The minimum Gasteiger partial charge on any atom is -0.453 e. The number of amides is 3. The number of hydrazine groups is 1. The lowest BCUT2D eigenvalue weighted by atomic mass is 9.86. The van der Waals surface area contributed by atoms with Crippen LogP contribution in [-0.4, -0.2) is 47.6 Å². The van der Waals surface area contributed by atoms with E-state index in [1.54, 1.807) is 11.2 Å². The van der Waals surface area contributed by atoms with Crippen molar-refractivity contribution in [3.05, 3.63) is 90.1 Å². The zero-order chi connectivity index (χ0) is 29.1. The molecular weight excluding hydrogens is 506 g/mol. The van der Waals surface area contributed by atoms with Crippen molar-refractivity contribution in [1.29, 1.82) is 0 Å². The van der Waals surface area contributed by atoms with Gasteiger partial charge in [-0.1, -0.05) is 81.4 Å². The summed E-state index contributed by atoms with van der Waals surface area (Å²) in [5, 5.41) is 4.40. The number of nitrogens with two attached hydrogens (primary N) is 1. The number of ether oxygens (including phenoxy) is 1. The van der Waals surface area contributed by atoms with E-state index < -0.39 is 29.4 Å². The molecule has 0 radical (unpaired) electrons. The number of hydrogen-bond acceptors (Lipinski definition) is 6. The lowest BCUT2D eigenvalue weighted by Gasteiger charge is -2.33. The molecule has 9 nitrogen and oxygen atoms in total. The number of benzene rings is 2. The Kier molecular flexibility index (Phi) is 10.8. The Balaban J connectivity index is 1.79. The molecule has 0 spiro atoms. The molecule has 1 heterocycles. The first-order valence-corrected chi connectivity index (χ1v) is 13.3. The number of methoxy groups -OCH3 is 1. The van der Waals surface area contributed by atoms with Gasteiger partial charge in [0.2, 0.25) is 5.91 Å². The first kappa shape index (κ1) is 30.3. The van der Waals surface area contributed by atoms with E-state index in [-0.39, 0.29) is 5.91 Å². The highest BCUT2D eigenvalue weighted by Crippen LogP contribution is 2.21. The van der Waals surface area contributed by atoms with Crippen molar-refractivity contribution in [3.63, 3.8) is 0 Å². The second kappa shape index (κ2) is 14.2. The van der Waals surface area contributed by atoms with Gasteiger partial charge in [-0.2, -0.15) is 0 Å². The first-order valence-electron chi connectivity index (χ1n) is 13.3. The maximum Gasteiger partial charge on any atom is 0.407 e. The zero-order valence-electron chi connectivity index (χ0n) is 23.6. The molecule has 9 heteroatoms. The molecule has 212 valence electrons. The van der Waals surface area contributed by atoms with E-state index in [9.17, 15) is 14.4 Å². The first-order chi connectivity index (χ1) is 19.1. The molecule has 0 bridgehead atoms. The molecule has 3 rings (SSSR count). The summed E-state index contributed by atoms with van der Waals surface area (Å²) in [5.74, 6) is -1.20. The van der Waals surface area contributed by atoms with E-state index in [2.05, 4.69) is 15.7 Å². The SMILES string of the molecule is COC(=O)NC(C(=O)NN(CCC(Cc1ccccc1)C(N)=O)Cc1ccc(-c2ccccn2)cc1)C(C)(C)C. The van der Waals surface area contributed by atoms with Crippen LogP contribution in [0.5, 0.6) is 0 Å². The molecule has 0 aliphatic rings. The predicted molar refractivity (Wildman–Crippen MR) is 154 cm³/mol. The van der Waals surface area contributed by atoms with Crippen LogP contribution in [0.2, 0.25) is 0 Å². The molecule has 0 fully saturated rings. The number of carbonyl (C=O) groups is 3. The van der Waals surface area contributed by atoms with Crippen LogP contribution in [0.1, 0.15) is 38.3 Å². The standard InChI is InChI=1S/C31H39N5O4/c1-31(2,3)27(34-30(39)40-4)29(38)35-36(19-17-25(28(32)37)20-22-10-6-5-7-11-22)21-23-13-15-24(16-14-23)26-12-8-9-18-33-26/h5-16,18,25,27H,17,19-21H2,1-4H3,(H2,32,37)(H,34,39)(H,35,38). The van der Waals surface area contributed by atoms with Crippen molar-refractivity contribution < 1.29 is 19.1 Å². The van der Waals surface area contributed by atoms with E-state index >= 15 is 0 Å². The summed E-state index contributed by atoms with van der Waals surface area (Å²) >= 11 is 0. The quantitative estimate of drug-likeness (QED) is 0.294. The van der Waals surface area contributed by atoms with Gasteiger partial charge in [0.15, 0.2) is 0 Å². The summed E-state index contributed by atoms with van der Waals surface area (Å²) < 4.78 is 4.74. The molecule has 2 unspecified atom stereocenters. The fraction of sp³-hybridized carbons (Fsp3) is 0.355. The second-order valence-corrected chi connectivity index (χ2v) is 10.8. The van der Waals surface area contributed by atoms with E-state index in [1.807, 2.05) is 93.6 Å². The monoisotopic (exact) mass is 545 g/mol. The maximum absolute atomic E-state index is 13.4. The Labute approximate surface area is 236 Å². The lowest BCUT2D eigenvalue weighted by molar-refractivity contribution is -0.130. The second-order valence-electron chi connectivity index (χ2n) is 10.8. The molecule has 40 heavy (non-hydrogen) atoms. The number of hydrogen-bond donors (Lipinski definition) is 3. The Hall–Kier alpha value is -4.24. The summed E-state index contributed by atoms with van der Waals surface area (Å²) in [5.41, 5.74) is 12.0. The van der Waals surface area contributed by atoms with Gasteiger partial charge >= 0.3 is 6.09 Å². The van der Waals surface area contributed by atoms with Crippen molar-refractivity contribution in [2.24, 2.45) is 17.1 Å². The third-order valence-electron chi connectivity index (χ3n) is 6.61. The highest BCUT2D eigenvalue weighted by molar-refractivity contribution is 5.86. The minimum absolute atomic E-state index is 0.364. The van der Waals surface area contributed by atoms with Gasteiger partial charge in [0.05, 0.1) is 12.8 Å². The van der Waals surface area contributed by atoms with Crippen molar-refractivity contribution >= 4 is 17.9 Å². The third kappa shape index (κ3) is 9.20. The molecular formula is C31H39N5O4. The van der Waals surface area contributed by atoms with Crippen LogP contribution in [0, 0.1) is 11.3 Å². The highest BCUT2D eigenvalue weighted by Gasteiger charge is 2.34. The summed E-state index contributed by atoms with van der Waals surface area (Å²) in [6, 6.07) is 22.5. The minimum atomic E-state index is -0.856. The summed E-state index contributed by atoms with van der Waals surface area (Å²) in [7, 11) is 1.25. The van der Waals surface area contributed by atoms with Gasteiger partial charge in [-0.25, -0.2) is 9.80 Å². The fourth-order valence-electron chi connectivity index (χ4n) is 4.34. The van der Waals surface area contributed by atoms with Crippen molar-refractivity contribution in [3.8, 4) is 11.3 Å². The molecule has 4 N–H and O–H groups in total. The maximum atomic E-state index is 13.4. The zero-order valence-corrected chi connectivity index (χ0v) is 23.6. The van der Waals surface area contributed by atoms with Crippen LogP contribution in [0.3, 0.4) is 0 Å². The number of rotatable bonds is 12. The third-order valence-corrected chi connectivity index (χ3v) is 6.61. The molecule has 0 aliphatic heterocycles. The van der Waals surface area contributed by atoms with Crippen LogP contribution in [0.4, 0.5) is 4.79 Å². The van der Waals surface area contributed by atoms with Crippen LogP contribution >= 0.6 is 0 Å². The Morgan fingerprint density at radius 3 is 2.20 bits per heavy atom. The van der Waals surface area contributed by atoms with Gasteiger partial charge in [-0.3, -0.25) is 20.0 Å². The smallest absolute Gasteiger partial charge is 0.407 e. The van der Waals surface area contributed by atoms with Crippen molar-refractivity contribution in [2.45, 2.75) is 46.2 Å². The average molecular weight is 546 g/mol. The fourth-order valence-corrected chi connectivity index (χ4v) is 4.34. The van der Waals surface area contributed by atoms with Gasteiger partial charge in [0, 0.05) is 30.8 Å². The number of pyridine rings is 1. The van der Waals surface area contributed by atoms with Crippen molar-refractivity contribution in [1.82, 2.24) is 20.7 Å². The molecule has 0 saturated carbocycles. The number of primary amides is 1. The van der Waals surface area contributed by atoms with Gasteiger partial charge in [0.1, 0.15) is 6.04 Å². The molecule has 2 aromatic carbocycles. The van der Waals surface area contributed by atoms with Crippen LogP contribution in [0.25, 0.3) is 11.3 Å². The van der Waals surface area contributed by atoms with Crippen LogP contribution in [-0.2, 0) is 27.3 Å². The molecule has 0 aliphatic carbocycles. The van der Waals surface area contributed by atoms with Gasteiger partial charge in [0.25, 0.3) is 5.91 Å². The highest BCUT2D eigenvalue weighted by atomic mass is 16.5. The van der Waals surface area contributed by atoms with Crippen LogP contribution < -0.4 is 16.5 Å². The summed E-state index contributed by atoms with van der Waals surface area (Å²) in [6.07, 6.45) is 1.99. The van der Waals surface area contributed by atoms with Crippen LogP contribution in [0.15, 0.2) is 79.0 Å². The number of nitrogens with zero attached hydrogens (tertiary/aromatic N) is 2. The Bertz CT molecular complexity index is 1240. The van der Waals surface area contributed by atoms with Crippen molar-refractivity contribution in [2.75, 3.05) is 13.7 Å². The van der Waals surface area contributed by atoms with E-state index in [0.717, 1.165) is 22.4 Å². The number of alkyl carbamates (subject to hydrolysis) is 1.